The third kappa shape index (κ3) is 2.64. The topological polar surface area (TPSA) is 50.9 Å². The van der Waals surface area contributed by atoms with Crippen LogP contribution in [-0.2, 0) is 5.52 Å². The number of aliphatic hydroxyl groups is 1. The molecule has 0 aliphatic rings. The van der Waals surface area contributed by atoms with Gasteiger partial charge in [0.2, 0.25) is 0 Å². The predicted molar refractivity (Wildman–Crippen MR) is 71.2 cm³/mol. The second-order valence-corrected chi connectivity index (χ2v) is 4.59. The number of nitrogens with zero attached hydrogens (tertiary/aromatic N) is 3. The van der Waals surface area contributed by atoms with Crippen LogP contribution >= 0.6 is 0 Å². The first-order chi connectivity index (χ1) is 8.38. The van der Waals surface area contributed by atoms with Gasteiger partial charge in [-0.15, -0.1) is 0 Å². The summed E-state index contributed by atoms with van der Waals surface area (Å²) in [6.07, 6.45) is 4.94. The molecular weight excluding hydrogens is 224 g/mol. The first-order valence-electron chi connectivity index (χ1n) is 5.69. The summed E-state index contributed by atoms with van der Waals surface area (Å²) >= 11 is 0. The number of rotatable bonds is 3. The zero-order chi connectivity index (χ0) is 13.3. The van der Waals surface area contributed by atoms with Crippen LogP contribution in [0.2, 0.25) is 0 Å². The van der Waals surface area contributed by atoms with Crippen LogP contribution < -0.4 is 0 Å². The zero-order valence-electron chi connectivity index (χ0n) is 10.4. The number of pyridine rings is 1. The van der Waals surface area contributed by atoms with Crippen LogP contribution in [0.3, 0.4) is 0 Å². The molecule has 0 saturated heterocycles. The molecule has 0 atom stereocenters. The summed E-state index contributed by atoms with van der Waals surface area (Å²) in [7, 11) is 10.7. The minimum absolute atomic E-state index is 0.437. The lowest BCUT2D eigenvalue weighted by molar-refractivity contribution is 0.126. The molecule has 0 saturated carbocycles. The molecule has 0 aromatic carbocycles. The van der Waals surface area contributed by atoms with Gasteiger partial charge in [-0.1, -0.05) is 19.9 Å². The standard InChI is InChI=1S/C12H13B2N3O/c1-8(2)9-3-4-11(15-5-9)10-6-16-17(7-10)12(13,14)18/h3-8,18H,1-2H3. The third-order valence-corrected chi connectivity index (χ3v) is 2.70. The van der Waals surface area contributed by atoms with Crippen LogP contribution in [0.15, 0.2) is 30.7 Å². The Labute approximate surface area is 109 Å². The Kier molecular flexibility index (Phi) is 3.30. The molecule has 0 unspecified atom stereocenters. The van der Waals surface area contributed by atoms with Gasteiger partial charge in [0.25, 0.3) is 0 Å². The van der Waals surface area contributed by atoms with Gasteiger partial charge in [0.05, 0.1) is 17.4 Å². The van der Waals surface area contributed by atoms with E-state index in [1.807, 2.05) is 18.3 Å². The van der Waals surface area contributed by atoms with E-state index < -0.39 is 5.52 Å². The fraction of sp³-hybridized carbons (Fsp3) is 0.333. The van der Waals surface area contributed by atoms with Gasteiger partial charge in [0.1, 0.15) is 15.7 Å². The van der Waals surface area contributed by atoms with Crippen molar-refractivity contribution in [2.75, 3.05) is 0 Å². The molecule has 18 heavy (non-hydrogen) atoms. The Morgan fingerprint density at radius 1 is 1.28 bits per heavy atom. The fourth-order valence-electron chi connectivity index (χ4n) is 1.57. The van der Waals surface area contributed by atoms with E-state index in [4.69, 9.17) is 15.7 Å². The van der Waals surface area contributed by atoms with Crippen molar-refractivity contribution in [3.05, 3.63) is 36.3 Å². The predicted octanol–water partition coefficient (Wildman–Crippen LogP) is 0.966. The number of hydrogen-bond donors (Lipinski definition) is 1. The van der Waals surface area contributed by atoms with Crippen molar-refractivity contribution in [2.24, 2.45) is 0 Å². The van der Waals surface area contributed by atoms with E-state index in [2.05, 4.69) is 23.9 Å². The molecule has 2 aromatic rings. The van der Waals surface area contributed by atoms with Gasteiger partial charge in [0.15, 0.2) is 0 Å². The van der Waals surface area contributed by atoms with Gasteiger partial charge in [-0.3, -0.25) is 9.67 Å². The maximum Gasteiger partial charge on any atom is 0.131 e. The van der Waals surface area contributed by atoms with E-state index in [1.165, 1.54) is 5.56 Å². The molecule has 0 bridgehead atoms. The lowest BCUT2D eigenvalue weighted by atomic mass is 9.73. The van der Waals surface area contributed by atoms with Gasteiger partial charge in [-0.05, 0) is 17.5 Å². The van der Waals surface area contributed by atoms with Crippen LogP contribution in [0, 0.1) is 0 Å². The van der Waals surface area contributed by atoms with E-state index in [0.29, 0.717) is 5.92 Å². The lowest BCUT2D eigenvalue weighted by Gasteiger charge is -2.18. The highest BCUT2D eigenvalue weighted by Crippen LogP contribution is 2.20. The van der Waals surface area contributed by atoms with Crippen molar-refractivity contribution in [3.63, 3.8) is 0 Å². The molecular formula is C12H13B2N3O. The van der Waals surface area contributed by atoms with E-state index in [-0.39, 0.29) is 0 Å². The Bertz CT molecular complexity index is 529. The molecule has 0 aliphatic carbocycles. The summed E-state index contributed by atoms with van der Waals surface area (Å²) < 4.78 is 1.08. The molecule has 0 amide bonds. The maximum absolute atomic E-state index is 9.40. The van der Waals surface area contributed by atoms with Crippen LogP contribution in [0.5, 0.6) is 0 Å². The van der Waals surface area contributed by atoms with Gasteiger partial charge in [-0.25, -0.2) is 0 Å². The van der Waals surface area contributed by atoms with Crippen LogP contribution in [-0.4, -0.2) is 35.6 Å². The van der Waals surface area contributed by atoms with Gasteiger partial charge >= 0.3 is 0 Å². The van der Waals surface area contributed by atoms with E-state index >= 15 is 0 Å². The first-order valence-corrected chi connectivity index (χ1v) is 5.69. The molecule has 0 aliphatic heterocycles. The maximum atomic E-state index is 9.40. The molecule has 1 N–H and O–H groups in total. The summed E-state index contributed by atoms with van der Waals surface area (Å²) in [6, 6.07) is 3.92. The van der Waals surface area contributed by atoms with Crippen LogP contribution in [0.4, 0.5) is 0 Å². The molecule has 2 heterocycles. The number of hydrogen-bond acceptors (Lipinski definition) is 3. The molecule has 6 heteroatoms. The summed E-state index contributed by atoms with van der Waals surface area (Å²) in [5.41, 5.74) is 0.686. The van der Waals surface area contributed by atoms with Crippen molar-refractivity contribution in [1.29, 1.82) is 0 Å². The number of aromatic nitrogens is 3. The molecule has 0 fully saturated rings. The molecule has 4 nitrogen and oxygen atoms in total. The zero-order valence-corrected chi connectivity index (χ0v) is 10.4. The Morgan fingerprint density at radius 2 is 2.00 bits per heavy atom. The van der Waals surface area contributed by atoms with Crippen molar-refractivity contribution < 1.29 is 5.11 Å². The van der Waals surface area contributed by atoms with Gasteiger partial charge in [-0.2, -0.15) is 5.10 Å². The molecule has 0 spiro atoms. The fourth-order valence-corrected chi connectivity index (χ4v) is 1.57. The molecule has 2 rings (SSSR count). The van der Waals surface area contributed by atoms with Crippen molar-refractivity contribution in [1.82, 2.24) is 14.8 Å². The Morgan fingerprint density at radius 3 is 2.44 bits per heavy atom. The van der Waals surface area contributed by atoms with Gasteiger partial charge in [0, 0.05) is 18.0 Å². The summed E-state index contributed by atoms with van der Waals surface area (Å²) in [5, 5.41) is 13.3. The highest BCUT2D eigenvalue weighted by atomic mass is 16.3. The molecule has 4 radical (unpaired) electrons. The second-order valence-electron chi connectivity index (χ2n) is 4.59. The summed E-state index contributed by atoms with van der Waals surface area (Å²) in [4.78, 5) is 4.35. The molecule has 88 valence electrons. The minimum Gasteiger partial charge on any atom is -0.388 e. The highest BCUT2D eigenvalue weighted by molar-refractivity contribution is 6.36. The SMILES string of the molecule is [B]C([B])(O)n1cc(-c2ccc(C(C)C)cn2)cn1. The van der Waals surface area contributed by atoms with Gasteiger partial charge < -0.3 is 5.11 Å². The Hall–Kier alpha value is -1.55. The third-order valence-electron chi connectivity index (χ3n) is 2.70. The highest BCUT2D eigenvalue weighted by Gasteiger charge is 2.15. The largest absolute Gasteiger partial charge is 0.388 e. The first kappa shape index (κ1) is 12.9. The Balaban J connectivity index is 2.29. The average molecular weight is 237 g/mol. The second kappa shape index (κ2) is 4.61. The van der Waals surface area contributed by atoms with E-state index in [9.17, 15) is 5.11 Å². The molecule has 2 aromatic heterocycles. The van der Waals surface area contributed by atoms with Crippen molar-refractivity contribution >= 4 is 15.7 Å². The van der Waals surface area contributed by atoms with Crippen LogP contribution in [0.25, 0.3) is 11.3 Å². The van der Waals surface area contributed by atoms with Crippen LogP contribution in [0.1, 0.15) is 25.3 Å². The summed E-state index contributed by atoms with van der Waals surface area (Å²) in [6.45, 7) is 4.22. The summed E-state index contributed by atoms with van der Waals surface area (Å²) in [5.74, 6) is 0.437. The van der Waals surface area contributed by atoms with E-state index in [0.717, 1.165) is 15.9 Å². The smallest absolute Gasteiger partial charge is 0.131 e. The van der Waals surface area contributed by atoms with Crippen molar-refractivity contribution in [2.45, 2.75) is 25.3 Å². The van der Waals surface area contributed by atoms with Crippen molar-refractivity contribution in [3.8, 4) is 11.3 Å². The monoisotopic (exact) mass is 237 g/mol. The normalized spacial score (nSPS) is 12.0. The average Bonchev–Trinajstić information content (AvgIpc) is 2.78. The quantitative estimate of drug-likeness (QED) is 0.809. The lowest BCUT2D eigenvalue weighted by Crippen LogP contribution is -2.34. The minimum atomic E-state index is -1.99. The van der Waals surface area contributed by atoms with E-state index in [1.54, 1.807) is 12.4 Å².